The lowest BCUT2D eigenvalue weighted by atomic mass is 9.72. The SMILES string of the molecule is CC(C)[C@H](O)C(=O)CC1Cc2ccc3c(c2)C2(c4ccccc4N[C@H]2O3)c2oc(nc2C(=O)NC2CCc3ccccc32)[C@H](C(C)C)NC1=O. The summed E-state index contributed by atoms with van der Waals surface area (Å²) >= 11 is 0. The summed E-state index contributed by atoms with van der Waals surface area (Å²) < 4.78 is 13.5. The van der Waals surface area contributed by atoms with Gasteiger partial charge in [0.1, 0.15) is 23.3 Å². The number of nitrogens with one attached hydrogen (secondary N) is 3. The number of hydrogen-bond acceptors (Lipinski definition) is 8. The summed E-state index contributed by atoms with van der Waals surface area (Å²) in [7, 11) is 0. The van der Waals surface area contributed by atoms with Crippen LogP contribution < -0.4 is 20.7 Å². The molecule has 3 aliphatic heterocycles. The third-order valence-electron chi connectivity index (χ3n) is 10.9. The van der Waals surface area contributed by atoms with Gasteiger partial charge in [-0.25, -0.2) is 4.98 Å². The minimum Gasteiger partial charge on any atom is -0.469 e. The van der Waals surface area contributed by atoms with Crippen LogP contribution in [-0.4, -0.2) is 40.0 Å². The second-order valence-corrected chi connectivity index (χ2v) is 14.8. The number of oxazole rings is 1. The minimum atomic E-state index is -1.18. The van der Waals surface area contributed by atoms with Gasteiger partial charge in [-0.3, -0.25) is 14.4 Å². The standard InChI is InChI=1S/C40H42N4O6/c1-20(2)32-38-44-33(37(48)41-28-15-14-23-9-5-6-10-25(23)28)35(50-38)40-26-11-7-8-12-29(26)42-39(40)49-31-16-13-22(18-27(31)40)17-24(36(47)43-32)19-30(45)34(46)21(3)4/h5-13,16,18,20-21,24,28,32,34,39,42,46H,14-15,17,19H2,1-4H3,(H,41,48)(H,43,47)/t24?,28?,32-,34-,39-,40?/m0/s1. The van der Waals surface area contributed by atoms with Crippen LogP contribution in [0.15, 0.2) is 71.1 Å². The van der Waals surface area contributed by atoms with Crippen LogP contribution in [0.2, 0.25) is 0 Å². The van der Waals surface area contributed by atoms with Crippen molar-refractivity contribution in [3.8, 4) is 5.75 Å². The number of ketones is 1. The monoisotopic (exact) mass is 674 g/mol. The van der Waals surface area contributed by atoms with Crippen molar-refractivity contribution in [3.05, 3.63) is 112 Å². The fourth-order valence-corrected chi connectivity index (χ4v) is 8.24. The van der Waals surface area contributed by atoms with Gasteiger partial charge in [0.15, 0.2) is 23.5 Å². The number of carbonyl (C=O) groups is 3. The maximum absolute atomic E-state index is 14.6. The Morgan fingerprint density at radius 3 is 2.60 bits per heavy atom. The fraction of sp³-hybridized carbons (Fsp3) is 0.400. The molecule has 1 spiro atoms. The van der Waals surface area contributed by atoms with E-state index in [0.717, 1.165) is 40.8 Å². The Labute approximate surface area is 291 Å². The molecule has 1 aromatic heterocycles. The van der Waals surface area contributed by atoms with Crippen LogP contribution in [0, 0.1) is 17.8 Å². The average molecular weight is 675 g/mol. The van der Waals surface area contributed by atoms with Crippen molar-refractivity contribution in [1.82, 2.24) is 15.6 Å². The molecule has 4 aromatic rings. The third kappa shape index (κ3) is 5.02. The van der Waals surface area contributed by atoms with Crippen LogP contribution in [-0.2, 0) is 27.8 Å². The van der Waals surface area contributed by atoms with Gasteiger partial charge in [-0.1, -0.05) is 82.3 Å². The summed E-state index contributed by atoms with van der Waals surface area (Å²) in [6.07, 6.45) is -0.0461. The molecule has 0 radical (unpaired) electrons. The largest absolute Gasteiger partial charge is 0.469 e. The van der Waals surface area contributed by atoms with E-state index in [1.165, 1.54) is 5.56 Å². The Hall–Kier alpha value is -4.96. The van der Waals surface area contributed by atoms with E-state index in [9.17, 15) is 19.5 Å². The van der Waals surface area contributed by atoms with E-state index in [1.807, 2.05) is 68.4 Å². The highest BCUT2D eigenvalue weighted by Gasteiger charge is 2.61. The smallest absolute Gasteiger partial charge is 0.274 e. The molecule has 4 heterocycles. The van der Waals surface area contributed by atoms with Crippen LogP contribution in [0.5, 0.6) is 5.75 Å². The van der Waals surface area contributed by atoms with Crippen LogP contribution >= 0.6 is 0 Å². The van der Waals surface area contributed by atoms with Gasteiger partial charge in [0.25, 0.3) is 5.91 Å². The molecule has 0 saturated carbocycles. The highest BCUT2D eigenvalue weighted by molar-refractivity contribution is 5.95. The van der Waals surface area contributed by atoms with Gasteiger partial charge in [-0.15, -0.1) is 0 Å². The number of carbonyl (C=O) groups excluding carboxylic acids is 3. The molecule has 258 valence electrons. The number of amides is 2. The van der Waals surface area contributed by atoms with Crippen molar-refractivity contribution < 1.29 is 28.6 Å². The number of hydrogen-bond donors (Lipinski definition) is 4. The zero-order chi connectivity index (χ0) is 34.9. The van der Waals surface area contributed by atoms with Gasteiger partial charge in [0.05, 0.1) is 6.04 Å². The molecule has 1 aliphatic carbocycles. The highest BCUT2D eigenvalue weighted by atomic mass is 16.5. The quantitative estimate of drug-likeness (QED) is 0.201. The molecule has 4 bridgehead atoms. The first-order valence-corrected chi connectivity index (χ1v) is 17.6. The molecule has 2 amide bonds. The van der Waals surface area contributed by atoms with Gasteiger partial charge in [-0.05, 0) is 65.5 Å². The number of aliphatic hydroxyl groups is 1. The lowest BCUT2D eigenvalue weighted by Crippen LogP contribution is -2.41. The number of aliphatic hydroxyl groups excluding tert-OH is 1. The number of Topliss-reactive ketones (excluding diaryl/α,β-unsaturated/α-hetero) is 1. The molecule has 0 saturated heterocycles. The van der Waals surface area contributed by atoms with Gasteiger partial charge in [0, 0.05) is 23.6 Å². The first-order valence-electron chi connectivity index (χ1n) is 17.6. The number of fused-ring (bicyclic) bond motifs is 5. The van der Waals surface area contributed by atoms with Gasteiger partial charge in [0.2, 0.25) is 11.8 Å². The van der Waals surface area contributed by atoms with E-state index in [0.29, 0.717) is 11.5 Å². The summed E-state index contributed by atoms with van der Waals surface area (Å²) in [6.45, 7) is 7.46. The zero-order valence-electron chi connectivity index (χ0n) is 28.7. The van der Waals surface area contributed by atoms with Crippen molar-refractivity contribution >= 4 is 23.3 Å². The first-order chi connectivity index (χ1) is 24.1. The van der Waals surface area contributed by atoms with Crippen LogP contribution in [0.4, 0.5) is 5.69 Å². The second-order valence-electron chi connectivity index (χ2n) is 14.8. The topological polar surface area (TPSA) is 143 Å². The van der Waals surface area contributed by atoms with Gasteiger partial charge >= 0.3 is 0 Å². The maximum atomic E-state index is 14.6. The predicted molar refractivity (Wildman–Crippen MR) is 186 cm³/mol. The normalized spacial score (nSPS) is 25.0. The van der Waals surface area contributed by atoms with Crippen molar-refractivity contribution in [2.45, 2.75) is 83.2 Å². The summed E-state index contributed by atoms with van der Waals surface area (Å²) in [6, 6.07) is 21.0. The Morgan fingerprint density at radius 2 is 1.80 bits per heavy atom. The molecular weight excluding hydrogens is 632 g/mol. The van der Waals surface area contributed by atoms with Crippen molar-refractivity contribution in [3.63, 3.8) is 0 Å². The average Bonchev–Trinajstić information content (AvgIpc) is 3.86. The summed E-state index contributed by atoms with van der Waals surface area (Å²) in [5.74, 6) is -1.15. The molecular formula is C40H42N4O6. The molecule has 50 heavy (non-hydrogen) atoms. The number of ether oxygens (including phenoxy) is 1. The van der Waals surface area contributed by atoms with Crippen molar-refractivity contribution in [1.29, 1.82) is 0 Å². The molecule has 8 rings (SSSR count). The van der Waals surface area contributed by atoms with E-state index in [-0.39, 0.29) is 59.9 Å². The summed E-state index contributed by atoms with van der Waals surface area (Å²) in [5, 5.41) is 20.5. The molecule has 10 heteroatoms. The van der Waals surface area contributed by atoms with Crippen LogP contribution in [0.3, 0.4) is 0 Å². The molecule has 3 aromatic carbocycles. The number of aryl methyl sites for hydroxylation is 1. The zero-order valence-corrected chi connectivity index (χ0v) is 28.7. The molecule has 0 fully saturated rings. The third-order valence-corrected chi connectivity index (χ3v) is 10.9. The van der Waals surface area contributed by atoms with E-state index >= 15 is 0 Å². The van der Waals surface area contributed by atoms with E-state index in [4.69, 9.17) is 14.1 Å². The number of benzene rings is 3. The highest BCUT2D eigenvalue weighted by Crippen LogP contribution is 2.58. The first kappa shape index (κ1) is 32.3. The summed E-state index contributed by atoms with van der Waals surface area (Å²) in [5.41, 5.74) is 4.71. The van der Waals surface area contributed by atoms with Crippen LogP contribution in [0.25, 0.3) is 0 Å². The Bertz CT molecular complexity index is 2020. The molecule has 4 aliphatic rings. The van der Waals surface area contributed by atoms with Crippen molar-refractivity contribution in [2.75, 3.05) is 5.32 Å². The molecule has 6 atom stereocenters. The number of aromatic nitrogens is 1. The number of anilines is 1. The Balaban J connectivity index is 1.31. The molecule has 3 unspecified atom stereocenters. The fourth-order valence-electron chi connectivity index (χ4n) is 8.24. The number of nitrogens with zero attached hydrogens (tertiary/aromatic N) is 1. The molecule has 4 N–H and O–H groups in total. The van der Waals surface area contributed by atoms with Crippen molar-refractivity contribution in [2.24, 2.45) is 17.8 Å². The Kier molecular flexibility index (Phi) is 7.82. The van der Waals surface area contributed by atoms with Gasteiger partial charge in [-0.2, -0.15) is 0 Å². The Morgan fingerprint density at radius 1 is 1.02 bits per heavy atom. The number of para-hydroxylation sites is 1. The maximum Gasteiger partial charge on any atom is 0.274 e. The van der Waals surface area contributed by atoms with E-state index in [1.54, 1.807) is 13.8 Å². The lowest BCUT2D eigenvalue weighted by molar-refractivity contribution is -0.135. The van der Waals surface area contributed by atoms with E-state index in [2.05, 4.69) is 28.1 Å². The second kappa shape index (κ2) is 12.1. The van der Waals surface area contributed by atoms with Crippen LogP contribution in [0.1, 0.15) is 103 Å². The van der Waals surface area contributed by atoms with Gasteiger partial charge < -0.3 is 30.2 Å². The minimum absolute atomic E-state index is 0.130. The van der Waals surface area contributed by atoms with E-state index < -0.39 is 29.7 Å². The lowest BCUT2D eigenvalue weighted by Gasteiger charge is -2.29. The predicted octanol–water partition coefficient (Wildman–Crippen LogP) is 5.53. The number of rotatable bonds is 7. The summed E-state index contributed by atoms with van der Waals surface area (Å²) in [4.78, 5) is 46.8. The molecule has 10 nitrogen and oxygen atoms in total.